The van der Waals surface area contributed by atoms with Crippen molar-refractivity contribution in [1.29, 1.82) is 0 Å². The Kier molecular flexibility index (Phi) is 8.93. The Morgan fingerprint density at radius 2 is 1.83 bits per heavy atom. The van der Waals surface area contributed by atoms with E-state index in [-0.39, 0.29) is 17.5 Å². The number of alkyl carbamates (subject to hydrolysis) is 1. The van der Waals surface area contributed by atoms with Crippen molar-refractivity contribution >= 4 is 17.8 Å². The second kappa shape index (κ2) is 10.3. The van der Waals surface area contributed by atoms with Gasteiger partial charge in [-0.3, -0.25) is 4.79 Å². The van der Waals surface area contributed by atoms with E-state index in [1.807, 2.05) is 20.8 Å². The molecule has 4 N–H and O–H groups in total. The van der Waals surface area contributed by atoms with Crippen molar-refractivity contribution in [3.8, 4) is 0 Å². The Morgan fingerprint density at radius 1 is 1.24 bits per heavy atom. The number of fused-ring (bicyclic) bond motifs is 1. The average Bonchev–Trinajstić information content (AvgIpc) is 3.06. The van der Waals surface area contributed by atoms with E-state index in [4.69, 9.17) is 15.3 Å². The maximum Gasteiger partial charge on any atom is 0.407 e. The van der Waals surface area contributed by atoms with Crippen molar-refractivity contribution in [3.05, 3.63) is 0 Å². The second-order valence-electron chi connectivity index (χ2n) is 9.93. The van der Waals surface area contributed by atoms with Crippen LogP contribution in [0.25, 0.3) is 0 Å². The monoisotopic (exact) mass is 413 g/mol. The van der Waals surface area contributed by atoms with E-state index in [1.54, 1.807) is 20.8 Å². The molecule has 29 heavy (non-hydrogen) atoms. The van der Waals surface area contributed by atoms with Crippen molar-refractivity contribution in [1.82, 2.24) is 5.32 Å². The van der Waals surface area contributed by atoms with Crippen molar-refractivity contribution in [2.24, 2.45) is 22.7 Å². The topological polar surface area (TPSA) is 123 Å². The fraction of sp³-hybridized carbons (Fsp3) is 0.857. The minimum atomic E-state index is -0.913. The number of nitrogens with two attached hydrogens (primary N) is 1. The predicted octanol–water partition coefficient (Wildman–Crippen LogP) is 3.68. The van der Waals surface area contributed by atoms with E-state index in [9.17, 15) is 14.7 Å². The fourth-order valence-corrected chi connectivity index (χ4v) is 3.40. The number of carboxylic acids is 1. The Bertz CT molecular complexity index is 586. The summed E-state index contributed by atoms with van der Waals surface area (Å²) in [6.07, 6.45) is 3.24. The molecule has 1 saturated carbocycles. The lowest BCUT2D eigenvalue weighted by atomic mass is 9.91. The summed E-state index contributed by atoms with van der Waals surface area (Å²) in [5.74, 6) is -1.76. The van der Waals surface area contributed by atoms with E-state index in [2.05, 4.69) is 17.4 Å². The predicted molar refractivity (Wildman–Crippen MR) is 113 cm³/mol. The second-order valence-corrected chi connectivity index (χ2v) is 9.93. The molecule has 0 aromatic heterocycles. The van der Waals surface area contributed by atoms with Gasteiger partial charge in [0.2, 0.25) is 0 Å². The van der Waals surface area contributed by atoms with E-state index < -0.39 is 29.7 Å². The molecular weight excluding hydrogens is 374 g/mol. The molecule has 0 aromatic rings. The number of amides is 1. The van der Waals surface area contributed by atoms with Crippen molar-refractivity contribution in [3.63, 3.8) is 0 Å². The summed E-state index contributed by atoms with van der Waals surface area (Å²) in [4.78, 5) is 29.0. The van der Waals surface area contributed by atoms with Crippen LogP contribution in [0.4, 0.5) is 4.79 Å². The number of carboxylic acid groups (broad SMARTS) is 1. The van der Waals surface area contributed by atoms with E-state index in [1.165, 1.54) is 0 Å². The van der Waals surface area contributed by atoms with Gasteiger partial charge in [0.1, 0.15) is 5.60 Å². The van der Waals surface area contributed by atoms with Gasteiger partial charge in [-0.15, -0.1) is 0 Å². The molecule has 1 aliphatic heterocycles. The van der Waals surface area contributed by atoms with Gasteiger partial charge in [0.05, 0.1) is 17.5 Å². The number of hydrogen-bond acceptors (Lipinski definition) is 6. The van der Waals surface area contributed by atoms with Crippen LogP contribution in [-0.2, 0) is 14.4 Å². The zero-order valence-corrected chi connectivity index (χ0v) is 18.9. The first kappa shape index (κ1) is 25.2. The van der Waals surface area contributed by atoms with Crippen LogP contribution >= 0.6 is 0 Å². The molecule has 0 spiro atoms. The number of carbonyl (C=O) groups is 2. The number of aliphatic carboxylic acids is 1. The molecular formula is C21H39N3O5. The van der Waals surface area contributed by atoms with Crippen molar-refractivity contribution in [2.75, 3.05) is 0 Å². The number of nitrogens with zero attached hydrogens (tertiary/aromatic N) is 1. The van der Waals surface area contributed by atoms with Crippen LogP contribution in [0.1, 0.15) is 80.6 Å². The zero-order chi connectivity index (χ0) is 22.4. The highest BCUT2D eigenvalue weighted by molar-refractivity contribution is 5.91. The molecule has 8 heteroatoms. The summed E-state index contributed by atoms with van der Waals surface area (Å²) in [6, 6.07) is -0.325. The van der Waals surface area contributed by atoms with Crippen molar-refractivity contribution < 1.29 is 24.3 Å². The summed E-state index contributed by atoms with van der Waals surface area (Å²) in [6.45, 7) is 13.4. The summed E-state index contributed by atoms with van der Waals surface area (Å²) < 4.78 is 5.30. The van der Waals surface area contributed by atoms with Gasteiger partial charge in [-0.1, -0.05) is 24.9 Å². The lowest BCUT2D eigenvalue weighted by Gasteiger charge is -2.24. The average molecular weight is 414 g/mol. The lowest BCUT2D eigenvalue weighted by molar-refractivity contribution is -0.145. The van der Waals surface area contributed by atoms with Crippen LogP contribution in [0, 0.1) is 11.8 Å². The summed E-state index contributed by atoms with van der Waals surface area (Å²) in [5.41, 5.74) is 5.61. The van der Waals surface area contributed by atoms with Gasteiger partial charge in [-0.05, 0) is 60.8 Å². The maximum absolute atomic E-state index is 12.1. The molecule has 168 valence electrons. The third-order valence-electron chi connectivity index (χ3n) is 4.42. The van der Waals surface area contributed by atoms with E-state index >= 15 is 0 Å². The SMILES string of the molecule is CC(C)(C)N.CCCCCC1=NOC2C(C(=O)O)CC(NC(=O)OC(C)(C)C)C12. The van der Waals surface area contributed by atoms with Crippen LogP contribution in [0.2, 0.25) is 0 Å². The molecule has 4 unspecified atom stereocenters. The third-order valence-corrected chi connectivity index (χ3v) is 4.42. The van der Waals surface area contributed by atoms with Gasteiger partial charge in [0.15, 0.2) is 6.10 Å². The fourth-order valence-electron chi connectivity index (χ4n) is 3.40. The molecule has 1 aliphatic carbocycles. The minimum absolute atomic E-state index is 0. The van der Waals surface area contributed by atoms with Crippen LogP contribution in [0.15, 0.2) is 5.16 Å². The quantitative estimate of drug-likeness (QED) is 0.571. The molecule has 2 aliphatic rings. The maximum atomic E-state index is 12.1. The van der Waals surface area contributed by atoms with Crippen LogP contribution < -0.4 is 11.1 Å². The summed E-state index contributed by atoms with van der Waals surface area (Å²) in [5, 5.41) is 16.4. The smallest absolute Gasteiger partial charge is 0.407 e. The van der Waals surface area contributed by atoms with Gasteiger partial charge >= 0.3 is 12.1 Å². The van der Waals surface area contributed by atoms with E-state index in [0.717, 1.165) is 31.4 Å². The Balaban J connectivity index is 0.000000749. The van der Waals surface area contributed by atoms with Gasteiger partial charge in [-0.2, -0.15) is 0 Å². The largest absolute Gasteiger partial charge is 0.481 e. The molecule has 0 radical (unpaired) electrons. The molecule has 4 atom stereocenters. The van der Waals surface area contributed by atoms with Gasteiger partial charge in [-0.25, -0.2) is 4.79 Å². The number of unbranched alkanes of at least 4 members (excludes halogenated alkanes) is 2. The first-order valence-electron chi connectivity index (χ1n) is 10.5. The normalized spacial score (nSPS) is 25.9. The zero-order valence-electron chi connectivity index (χ0n) is 18.9. The first-order chi connectivity index (χ1) is 13.2. The van der Waals surface area contributed by atoms with Gasteiger partial charge in [0.25, 0.3) is 0 Å². The Morgan fingerprint density at radius 3 is 2.31 bits per heavy atom. The summed E-state index contributed by atoms with van der Waals surface area (Å²) >= 11 is 0. The van der Waals surface area contributed by atoms with Crippen molar-refractivity contribution in [2.45, 2.75) is 104 Å². The highest BCUT2D eigenvalue weighted by Crippen LogP contribution is 2.40. The Labute approximate surface area is 174 Å². The molecule has 1 amide bonds. The lowest BCUT2D eigenvalue weighted by Crippen LogP contribution is -2.43. The molecule has 0 bridgehead atoms. The molecule has 0 saturated heterocycles. The summed E-state index contributed by atoms with van der Waals surface area (Å²) in [7, 11) is 0. The number of oxime groups is 1. The van der Waals surface area contributed by atoms with Crippen LogP contribution in [-0.4, -0.2) is 46.2 Å². The van der Waals surface area contributed by atoms with Gasteiger partial charge in [0, 0.05) is 11.6 Å². The third kappa shape index (κ3) is 9.02. The number of hydrogen-bond donors (Lipinski definition) is 3. The number of rotatable bonds is 6. The highest BCUT2D eigenvalue weighted by Gasteiger charge is 2.54. The molecule has 0 aromatic carbocycles. The number of ether oxygens (including phenoxy) is 1. The number of carbonyl (C=O) groups excluding carboxylic acids is 1. The minimum Gasteiger partial charge on any atom is -0.481 e. The van der Waals surface area contributed by atoms with Gasteiger partial charge < -0.3 is 25.7 Å². The Hall–Kier alpha value is -1.83. The molecule has 1 heterocycles. The standard InChI is InChI=1S/C17H28N2O5.C4H11N/c1-5-6-7-8-11-13-12(18-16(22)23-17(2,3)4)9-10(15(20)21)14(13)24-19-11;1-4(2,3)5/h10,12-14H,5-9H2,1-4H3,(H,18,22)(H,20,21);5H2,1-3H3. The molecule has 1 fully saturated rings. The number of nitrogens with one attached hydrogen (secondary N) is 1. The van der Waals surface area contributed by atoms with Crippen LogP contribution in [0.3, 0.4) is 0 Å². The molecule has 8 nitrogen and oxygen atoms in total. The highest BCUT2D eigenvalue weighted by atomic mass is 16.6. The van der Waals surface area contributed by atoms with E-state index in [0.29, 0.717) is 6.42 Å². The first-order valence-corrected chi connectivity index (χ1v) is 10.5. The molecule has 2 rings (SSSR count). The van der Waals surface area contributed by atoms with Crippen LogP contribution in [0.5, 0.6) is 0 Å².